The molecule has 0 saturated heterocycles. The summed E-state index contributed by atoms with van der Waals surface area (Å²) in [7, 11) is 1.94. The lowest BCUT2D eigenvalue weighted by Gasteiger charge is -2.64. The Balaban J connectivity index is 1.32. The van der Waals surface area contributed by atoms with Gasteiger partial charge in [-0.25, -0.2) is 27.1 Å². The molecular weight excluding hydrogens is 781 g/mol. The zero-order valence-electron chi connectivity index (χ0n) is 29.0. The first-order valence-corrected chi connectivity index (χ1v) is 19.0. The van der Waals surface area contributed by atoms with Gasteiger partial charge < -0.3 is 19.7 Å². The van der Waals surface area contributed by atoms with E-state index in [2.05, 4.69) is 15.3 Å². The third-order valence-electron chi connectivity index (χ3n) is 10.2. The number of benzene rings is 3. The molecule has 17 heteroatoms. The molecule has 9 nitrogen and oxygen atoms in total. The molecule has 2 aliphatic rings. The van der Waals surface area contributed by atoms with Gasteiger partial charge in [-0.05, 0) is 69.3 Å². The summed E-state index contributed by atoms with van der Waals surface area (Å²) in [4.78, 5) is 9.24. The third kappa shape index (κ3) is 7.45. The Hall–Kier alpha value is -3.56. The first-order chi connectivity index (χ1) is 24.9. The van der Waals surface area contributed by atoms with Gasteiger partial charge in [-0.15, -0.1) is 23.2 Å². The first-order valence-electron chi connectivity index (χ1n) is 16.4. The van der Waals surface area contributed by atoms with Crippen molar-refractivity contribution in [2.24, 2.45) is 5.92 Å². The number of aromatic nitrogens is 2. The molecule has 0 spiro atoms. The molecule has 0 aliphatic heterocycles. The molecule has 4 atom stereocenters. The van der Waals surface area contributed by atoms with Crippen LogP contribution in [-0.2, 0) is 28.2 Å². The van der Waals surface area contributed by atoms with E-state index in [0.29, 0.717) is 35.5 Å². The first kappa shape index (κ1) is 39.1. The minimum absolute atomic E-state index is 0.0259. The van der Waals surface area contributed by atoms with Gasteiger partial charge in [0.05, 0.1) is 37.0 Å². The van der Waals surface area contributed by atoms with Crippen LogP contribution in [0.5, 0.6) is 11.5 Å². The zero-order valence-corrected chi connectivity index (χ0v) is 32.0. The Morgan fingerprint density at radius 3 is 2.42 bits per heavy atom. The van der Waals surface area contributed by atoms with Crippen LogP contribution in [0.25, 0.3) is 0 Å². The van der Waals surface area contributed by atoms with Gasteiger partial charge >= 0.3 is 6.18 Å². The number of alkyl halides is 5. The Kier molecular flexibility index (Phi) is 10.8. The molecule has 2 aliphatic carbocycles. The number of methoxy groups -OCH3 is 2. The fraction of sp³-hybridized carbons (Fsp3) is 0.389. The summed E-state index contributed by atoms with van der Waals surface area (Å²) in [6.07, 6.45) is -1.06. The van der Waals surface area contributed by atoms with Crippen molar-refractivity contribution in [1.29, 1.82) is 0 Å². The fourth-order valence-corrected chi connectivity index (χ4v) is 10.4. The third-order valence-corrected chi connectivity index (χ3v) is 13.1. The van der Waals surface area contributed by atoms with Crippen molar-refractivity contribution in [2.45, 2.75) is 58.7 Å². The molecule has 6 rings (SSSR count). The summed E-state index contributed by atoms with van der Waals surface area (Å²) >= 11 is 20.2. The van der Waals surface area contributed by atoms with E-state index in [1.54, 1.807) is 24.3 Å². The molecule has 1 N–H and O–H groups in total. The van der Waals surface area contributed by atoms with Crippen LogP contribution in [0, 0.1) is 11.7 Å². The van der Waals surface area contributed by atoms with Crippen LogP contribution in [0.1, 0.15) is 36.0 Å². The van der Waals surface area contributed by atoms with Crippen molar-refractivity contribution >= 4 is 56.3 Å². The average molecular weight is 817 g/mol. The maximum atomic E-state index is 16.2. The average Bonchev–Trinajstić information content (AvgIpc) is 3.11. The Labute approximate surface area is 320 Å². The summed E-state index contributed by atoms with van der Waals surface area (Å²) in [6.45, 7) is -0.288. The highest BCUT2D eigenvalue weighted by molar-refractivity contribution is 7.92. The van der Waals surface area contributed by atoms with Crippen LogP contribution < -0.4 is 19.1 Å². The molecule has 4 aromatic rings. The number of anilines is 2. The molecule has 3 aromatic carbocycles. The highest BCUT2D eigenvalue weighted by Crippen LogP contribution is 2.67. The molecular formula is C36H36Cl3F4N5O4S. The Morgan fingerprint density at radius 2 is 1.79 bits per heavy atom. The molecule has 2 saturated carbocycles. The number of rotatable bonds is 11. The van der Waals surface area contributed by atoms with Crippen molar-refractivity contribution in [3.8, 4) is 11.5 Å². The van der Waals surface area contributed by atoms with E-state index in [1.165, 1.54) is 38.9 Å². The molecule has 53 heavy (non-hydrogen) atoms. The van der Waals surface area contributed by atoms with E-state index in [4.69, 9.17) is 44.3 Å². The second kappa shape index (κ2) is 14.6. The molecule has 284 valence electrons. The van der Waals surface area contributed by atoms with E-state index >= 15 is 4.39 Å². The number of nitrogens with one attached hydrogen (secondary N) is 1. The number of hydrogen-bond acceptors (Lipinski definition) is 8. The van der Waals surface area contributed by atoms with Crippen molar-refractivity contribution in [2.75, 3.05) is 37.9 Å². The van der Waals surface area contributed by atoms with Crippen molar-refractivity contribution in [3.63, 3.8) is 0 Å². The number of likely N-dealkylation sites (N-methyl/N-ethyl adjacent to an activating group) is 1. The van der Waals surface area contributed by atoms with Crippen LogP contribution in [0.15, 0.2) is 78.1 Å². The number of hydrogen-bond donors (Lipinski definition) is 1. The van der Waals surface area contributed by atoms with E-state index < -0.39 is 54.2 Å². The number of halogens is 7. The lowest BCUT2D eigenvalue weighted by molar-refractivity contribution is -0.137. The van der Waals surface area contributed by atoms with Gasteiger partial charge in [-0.2, -0.15) is 13.2 Å². The van der Waals surface area contributed by atoms with E-state index in [1.807, 2.05) is 19.0 Å². The predicted octanol–water partition coefficient (Wildman–Crippen LogP) is 8.34. The molecule has 0 amide bonds. The number of ether oxygens (including phenoxy) is 2. The van der Waals surface area contributed by atoms with Crippen LogP contribution >= 0.6 is 34.8 Å². The van der Waals surface area contributed by atoms with Crippen LogP contribution in [0.3, 0.4) is 0 Å². The number of sulfonamides is 1. The number of nitrogens with zero attached hydrogens (tertiary/aromatic N) is 4. The minimum atomic E-state index is -4.65. The molecule has 0 unspecified atom stereocenters. The molecule has 1 aromatic heterocycles. The van der Waals surface area contributed by atoms with Crippen LogP contribution in [0.4, 0.5) is 29.1 Å². The fourth-order valence-electron chi connectivity index (χ4n) is 7.62. The highest BCUT2D eigenvalue weighted by Gasteiger charge is 2.66. The largest absolute Gasteiger partial charge is 0.497 e. The maximum Gasteiger partial charge on any atom is 0.416 e. The van der Waals surface area contributed by atoms with Crippen molar-refractivity contribution in [3.05, 3.63) is 101 Å². The summed E-state index contributed by atoms with van der Waals surface area (Å²) in [5.74, 6) is -0.752. The SMILES string of the molecule is COc1ccc(CN(c2ccncn2)S(=O)(=O)c2cc(Cl)c(N[C@H]3C[C@H]4C(Cl)(Cl)C[C@@]4(c4cccc(C(F)(F)F)c4)C[C@@H]3N(C)C)cc2F)c(OC)c1. The molecule has 1 heterocycles. The lowest BCUT2D eigenvalue weighted by atomic mass is 9.48. The summed E-state index contributed by atoms with van der Waals surface area (Å²) < 4.78 is 96.3. The minimum Gasteiger partial charge on any atom is -0.497 e. The zero-order chi connectivity index (χ0) is 38.5. The van der Waals surface area contributed by atoms with E-state index in [9.17, 15) is 21.6 Å². The van der Waals surface area contributed by atoms with E-state index in [0.717, 1.165) is 28.6 Å². The second-order valence-electron chi connectivity index (χ2n) is 13.5. The molecule has 0 bridgehead atoms. The quantitative estimate of drug-likeness (QED) is 0.119. The summed E-state index contributed by atoms with van der Waals surface area (Å²) in [5, 5.41) is 3.20. The topological polar surface area (TPSA) is 96.9 Å². The van der Waals surface area contributed by atoms with Gasteiger partial charge in [0.15, 0.2) is 0 Å². The number of fused-ring (bicyclic) bond motifs is 1. The smallest absolute Gasteiger partial charge is 0.416 e. The van der Waals surface area contributed by atoms with Gasteiger partial charge in [0.1, 0.15) is 38.7 Å². The van der Waals surface area contributed by atoms with Gasteiger partial charge in [0, 0.05) is 47.3 Å². The van der Waals surface area contributed by atoms with E-state index in [-0.39, 0.29) is 35.5 Å². The van der Waals surface area contributed by atoms with Crippen molar-refractivity contribution < 1.29 is 35.5 Å². The van der Waals surface area contributed by atoms with Gasteiger partial charge in [-0.3, -0.25) is 0 Å². The summed E-state index contributed by atoms with van der Waals surface area (Å²) in [5.41, 5.74) is -0.448. The Bertz CT molecular complexity index is 2100. The Morgan fingerprint density at radius 1 is 1.04 bits per heavy atom. The standard InChI is InChI=1S/C36H36Cl3F4N5O4S/c1-47(2)29-17-34(22-6-5-7-23(12-22)36(41,42)43)19-35(38,39)32(34)16-28(29)46-27-15-26(40)31(14-25(27)37)53(49,50)48(33-10-11-44-20-45-33)18-21-8-9-24(51-3)13-30(21)52-4/h5-15,20,28-29,32,46H,16-19H2,1-4H3/t28-,29-,32+,34+/m0/s1. The van der Waals surface area contributed by atoms with Crippen LogP contribution in [0.2, 0.25) is 5.02 Å². The molecule has 2 fully saturated rings. The summed E-state index contributed by atoms with van der Waals surface area (Å²) in [6, 6.07) is 12.8. The normalized spacial score (nSPS) is 22.5. The highest BCUT2D eigenvalue weighted by atomic mass is 35.5. The van der Waals surface area contributed by atoms with Crippen molar-refractivity contribution in [1.82, 2.24) is 14.9 Å². The second-order valence-corrected chi connectivity index (χ2v) is 17.2. The monoisotopic (exact) mass is 815 g/mol. The lowest BCUT2D eigenvalue weighted by Crippen LogP contribution is -2.67. The van der Waals surface area contributed by atoms with Crippen LogP contribution in [-0.4, -0.2) is 68.0 Å². The maximum absolute atomic E-state index is 16.2. The van der Waals surface area contributed by atoms with Gasteiger partial charge in [-0.1, -0.05) is 29.8 Å². The van der Waals surface area contributed by atoms with Gasteiger partial charge in [0.2, 0.25) is 0 Å². The molecule has 0 radical (unpaired) electrons. The van der Waals surface area contributed by atoms with Gasteiger partial charge in [0.25, 0.3) is 10.0 Å². The predicted molar refractivity (Wildman–Crippen MR) is 196 cm³/mol.